The second kappa shape index (κ2) is 27.5. The highest BCUT2D eigenvalue weighted by molar-refractivity contribution is 5.89. The number of methoxy groups -OCH3 is 1. The van der Waals surface area contributed by atoms with Gasteiger partial charge in [0.05, 0.1) is 79.1 Å². The molecule has 7 N–H and O–H groups in total. The maximum atomic E-state index is 14.7. The maximum absolute atomic E-state index is 14.7. The number of carbonyl (C=O) groups excluding carboxylic acids is 2. The summed E-state index contributed by atoms with van der Waals surface area (Å²) in [5.41, 5.74) is -2.59. The number of aliphatic hydroxyl groups excluding tert-OH is 5. The van der Waals surface area contributed by atoms with Crippen LogP contribution in [-0.2, 0) is 46.2 Å². The molecule has 4 aliphatic heterocycles. The lowest BCUT2D eigenvalue weighted by Crippen LogP contribution is -2.62. The first kappa shape index (κ1) is 65.7. The zero-order valence-electron chi connectivity index (χ0n) is 50.3. The smallest absolute Gasteiger partial charge is 0.414 e. The Labute approximate surface area is 474 Å². The highest BCUT2D eigenvalue weighted by atomic mass is 16.7. The molecule has 0 aliphatic carbocycles. The van der Waals surface area contributed by atoms with Crippen molar-refractivity contribution in [2.24, 2.45) is 23.7 Å². The molecule has 4 fully saturated rings. The normalized spacial score (nSPS) is 39.2. The predicted molar refractivity (Wildman–Crippen MR) is 298 cm³/mol. The number of hydrogen-bond donors (Lipinski definition) is 7. The number of likely N-dealkylation sites (N-methyl/N-ethyl adjacent to an activating group) is 3. The second-order valence-electron chi connectivity index (χ2n) is 24.6. The number of benzene rings is 1. The van der Waals surface area contributed by atoms with Gasteiger partial charge in [0.15, 0.2) is 6.29 Å². The van der Waals surface area contributed by atoms with Crippen LogP contribution in [0.2, 0.25) is 0 Å². The Hall–Kier alpha value is -3.46. The van der Waals surface area contributed by atoms with E-state index >= 15 is 0 Å². The number of amides is 1. The Kier molecular flexibility index (Phi) is 22.6. The molecule has 6 rings (SSSR count). The highest BCUT2D eigenvalue weighted by Crippen LogP contribution is 2.45. The summed E-state index contributed by atoms with van der Waals surface area (Å²) < 4.78 is 39.6. The fraction of sp³-hybridized carbons (Fsp3) is 0.828. The molecule has 0 radical (unpaired) electrons. The molecule has 456 valence electrons. The van der Waals surface area contributed by atoms with E-state index in [0.717, 1.165) is 0 Å². The van der Waals surface area contributed by atoms with E-state index in [0.29, 0.717) is 56.0 Å². The second-order valence-corrected chi connectivity index (χ2v) is 24.6. The van der Waals surface area contributed by atoms with Gasteiger partial charge in [-0.25, -0.2) is 9.48 Å². The number of nitrogens with zero attached hydrogens (tertiary/aromatic N) is 7. The number of anilines is 1. The van der Waals surface area contributed by atoms with Crippen molar-refractivity contribution in [2.75, 3.05) is 65.4 Å². The molecule has 1 unspecified atom stereocenters. The molecule has 4 saturated heterocycles. The van der Waals surface area contributed by atoms with E-state index in [-0.39, 0.29) is 51.0 Å². The van der Waals surface area contributed by atoms with E-state index in [4.69, 9.17) is 28.4 Å². The van der Waals surface area contributed by atoms with Crippen LogP contribution in [0.15, 0.2) is 30.5 Å². The van der Waals surface area contributed by atoms with Gasteiger partial charge in [0, 0.05) is 62.9 Å². The van der Waals surface area contributed by atoms with Crippen LogP contribution in [0.3, 0.4) is 0 Å². The molecule has 2 aromatic rings. The lowest BCUT2D eigenvalue weighted by Gasteiger charge is -2.51. The topological polar surface area (TPSA) is 275 Å². The van der Waals surface area contributed by atoms with Crippen molar-refractivity contribution in [3.63, 3.8) is 0 Å². The van der Waals surface area contributed by atoms with Crippen LogP contribution in [-0.4, -0.2) is 234 Å². The van der Waals surface area contributed by atoms with Crippen LogP contribution < -0.4 is 4.90 Å². The monoisotopic (exact) mass is 1130 g/mol. The lowest BCUT2D eigenvalue weighted by molar-refractivity contribution is -0.302. The largest absolute Gasteiger partial charge is 0.459 e. The predicted octanol–water partition coefficient (Wildman–Crippen LogP) is 3.14. The highest BCUT2D eigenvalue weighted by Gasteiger charge is 2.55. The number of hydrogen-bond acceptors (Lipinski definition) is 20. The number of esters is 1. The van der Waals surface area contributed by atoms with Crippen molar-refractivity contribution in [3.05, 3.63) is 41.7 Å². The van der Waals surface area contributed by atoms with Crippen LogP contribution in [0, 0.1) is 23.7 Å². The molecule has 1 aromatic heterocycles. The molecule has 0 saturated carbocycles. The third-order valence-electron chi connectivity index (χ3n) is 18.4. The Balaban J connectivity index is 1.19. The van der Waals surface area contributed by atoms with Crippen molar-refractivity contribution in [1.82, 2.24) is 29.7 Å². The van der Waals surface area contributed by atoms with Crippen LogP contribution in [0.25, 0.3) is 0 Å². The van der Waals surface area contributed by atoms with Crippen molar-refractivity contribution in [1.29, 1.82) is 0 Å². The number of carbonyl (C=O) groups is 2. The van der Waals surface area contributed by atoms with Crippen LogP contribution in [0.1, 0.15) is 126 Å². The molecule has 1 amide bonds. The van der Waals surface area contributed by atoms with Crippen LogP contribution in [0.5, 0.6) is 0 Å². The number of aromatic nitrogens is 3. The average Bonchev–Trinajstić information content (AvgIpc) is 4.14. The number of aliphatic hydroxyl groups is 7. The Morgan fingerprint density at radius 3 is 2.19 bits per heavy atom. The van der Waals surface area contributed by atoms with Gasteiger partial charge in [-0.15, -0.1) is 5.10 Å². The minimum atomic E-state index is -1.83. The summed E-state index contributed by atoms with van der Waals surface area (Å²) in [6.45, 7) is 24.4. The van der Waals surface area contributed by atoms with E-state index in [1.807, 2.05) is 69.6 Å². The zero-order valence-corrected chi connectivity index (χ0v) is 50.3. The molecule has 0 bridgehead atoms. The summed E-state index contributed by atoms with van der Waals surface area (Å²) >= 11 is 0. The minimum absolute atomic E-state index is 0.170. The molecule has 80 heavy (non-hydrogen) atoms. The summed E-state index contributed by atoms with van der Waals surface area (Å²) in [6.07, 6.45) is -7.36. The lowest BCUT2D eigenvalue weighted by atomic mass is 9.68. The van der Waals surface area contributed by atoms with E-state index < -0.39 is 126 Å². The van der Waals surface area contributed by atoms with Crippen molar-refractivity contribution < 1.29 is 73.8 Å². The van der Waals surface area contributed by atoms with Gasteiger partial charge in [-0.3, -0.25) is 14.6 Å². The van der Waals surface area contributed by atoms with Gasteiger partial charge in [-0.1, -0.05) is 58.9 Å². The molecule has 21 atom stereocenters. The molecule has 1 aromatic carbocycles. The summed E-state index contributed by atoms with van der Waals surface area (Å²) in [5, 5.41) is 90.2. The van der Waals surface area contributed by atoms with Gasteiger partial charge in [0.2, 0.25) is 0 Å². The van der Waals surface area contributed by atoms with Crippen LogP contribution >= 0.6 is 0 Å². The van der Waals surface area contributed by atoms with Crippen molar-refractivity contribution in [3.8, 4) is 0 Å². The summed E-state index contributed by atoms with van der Waals surface area (Å²) in [4.78, 5) is 35.3. The van der Waals surface area contributed by atoms with Crippen molar-refractivity contribution >= 4 is 17.7 Å². The molecular weight excluding hydrogens is 1030 g/mol. The van der Waals surface area contributed by atoms with Gasteiger partial charge < -0.3 is 74.0 Å². The van der Waals surface area contributed by atoms with Gasteiger partial charge in [0.25, 0.3) is 0 Å². The third-order valence-corrected chi connectivity index (χ3v) is 18.4. The molecular formula is C58H99N7O15. The first-order valence-electron chi connectivity index (χ1n) is 29.2. The van der Waals surface area contributed by atoms with Crippen molar-refractivity contribution in [2.45, 2.75) is 224 Å². The van der Waals surface area contributed by atoms with Gasteiger partial charge in [-0.2, -0.15) is 0 Å². The standard InChI is InChI=1S/C58H99N7O15/c1-16-46-58(12,74)50(69)37(8)62(14)28-33(4)26-56(10,73)52(35(6)47(36(7)53(71)79-46)45-27-57(11,75-15)51(70)38(9)77-45)80-54-49(68)43(25-34(5)76-54)61(13)24-23-40-29-64(60-59-40)30-42-31-65(55(72)78-42)41-21-19-39(20-22-41)48(67)44(32-66)63(17-2)18-3/h19-22,29,33-38,42-52,54,66-70,73-74H,16-18,23-28,30-32H2,1-15H3/t33-,34-,35+,36-,37-,38+,42+,43+,44+,45?,46-,47+,48-,49-,50-,51+,52-,54+,56-,57-,58-/m1/s1. The summed E-state index contributed by atoms with van der Waals surface area (Å²) in [5.74, 6) is -3.26. The Morgan fingerprint density at radius 1 is 0.912 bits per heavy atom. The van der Waals surface area contributed by atoms with E-state index in [9.17, 15) is 45.3 Å². The fourth-order valence-corrected chi connectivity index (χ4v) is 13.4. The number of rotatable bonds is 18. The Morgan fingerprint density at radius 2 is 1.57 bits per heavy atom. The van der Waals surface area contributed by atoms with Gasteiger partial charge in [-0.05, 0) is 118 Å². The SMILES string of the molecule is CC[C@H]1OC(=O)[C@H](C)[C@@H](C2C[C@@](C)(OC)[C@@H](O)[C@H](C)O2)[C@H](C)[C@@H](O[C@@H]2O[C@H](C)C[C@H](N(C)CCc3cn(C[C@H]4CN(c5ccc([C@@H](O)[C@H](CO)N(CC)CC)cc5)C(=O)O4)nn3)[C@H]2O)[C@](C)(O)C[C@@H](C)CN(C)[C@H](C)[C@@H](O)[C@]1(C)O. The van der Waals surface area contributed by atoms with E-state index in [1.54, 1.807) is 70.5 Å². The molecule has 22 nitrogen and oxygen atoms in total. The molecule has 0 spiro atoms. The van der Waals surface area contributed by atoms with E-state index in [1.165, 1.54) is 18.9 Å². The molecule has 5 heterocycles. The van der Waals surface area contributed by atoms with E-state index in [2.05, 4.69) is 10.3 Å². The van der Waals surface area contributed by atoms with Gasteiger partial charge in [0.1, 0.15) is 36.1 Å². The third kappa shape index (κ3) is 14.7. The number of cyclic esters (lactones) is 2. The Bertz CT molecular complexity index is 2270. The first-order chi connectivity index (χ1) is 37.5. The summed E-state index contributed by atoms with van der Waals surface area (Å²) in [6, 6.07) is 5.55. The number of ether oxygens (including phenoxy) is 6. The fourth-order valence-electron chi connectivity index (χ4n) is 13.4. The molecule has 4 aliphatic rings. The average molecular weight is 1130 g/mol. The first-order valence-corrected chi connectivity index (χ1v) is 29.2. The van der Waals surface area contributed by atoms with Crippen LogP contribution in [0.4, 0.5) is 10.5 Å². The maximum Gasteiger partial charge on any atom is 0.414 e. The minimum Gasteiger partial charge on any atom is -0.459 e. The molecule has 22 heteroatoms. The quantitative estimate of drug-likeness (QED) is 0.106. The zero-order chi connectivity index (χ0) is 59.3. The summed E-state index contributed by atoms with van der Waals surface area (Å²) in [7, 11) is 5.28. The van der Waals surface area contributed by atoms with Gasteiger partial charge >= 0.3 is 12.1 Å².